The van der Waals surface area contributed by atoms with Crippen molar-refractivity contribution in [2.45, 2.75) is 64.1 Å². The van der Waals surface area contributed by atoms with Gasteiger partial charge in [-0.1, -0.05) is 18.2 Å². The van der Waals surface area contributed by atoms with Crippen LogP contribution in [0.15, 0.2) is 54.6 Å². The quantitative estimate of drug-likeness (QED) is 0.274. The molecule has 0 radical (unpaired) electrons. The summed E-state index contributed by atoms with van der Waals surface area (Å²) in [5.41, 5.74) is 4.15. The van der Waals surface area contributed by atoms with Crippen LogP contribution in [0.4, 0.5) is 0 Å². The van der Waals surface area contributed by atoms with Crippen molar-refractivity contribution in [3.63, 3.8) is 0 Å². The van der Waals surface area contributed by atoms with Gasteiger partial charge in [0, 0.05) is 40.7 Å². The Morgan fingerprint density at radius 3 is 2.46 bits per heavy atom. The SMILES string of the molecule is CC(=O)N[C@H]1CC[C@@](CC(=O)NO)(NC(=O)c2ccc(OCc3cc(C)nc4ccccc34)cc2)CC1. The Hall–Kier alpha value is -3.98. The highest BCUT2D eigenvalue weighted by molar-refractivity contribution is 5.95. The normalized spacial score (nSPS) is 19.2. The van der Waals surface area contributed by atoms with E-state index in [0.29, 0.717) is 43.6 Å². The maximum Gasteiger partial charge on any atom is 0.251 e. The molecule has 9 heteroatoms. The summed E-state index contributed by atoms with van der Waals surface area (Å²) in [4.78, 5) is 41.1. The van der Waals surface area contributed by atoms with Gasteiger partial charge < -0.3 is 15.4 Å². The van der Waals surface area contributed by atoms with E-state index in [1.54, 1.807) is 29.7 Å². The first-order valence-electron chi connectivity index (χ1n) is 12.4. The summed E-state index contributed by atoms with van der Waals surface area (Å²) in [6.07, 6.45) is 2.18. The number of rotatable bonds is 8. The van der Waals surface area contributed by atoms with Crippen molar-refractivity contribution < 1.29 is 24.3 Å². The third kappa shape index (κ3) is 6.62. The number of amides is 3. The van der Waals surface area contributed by atoms with Crippen LogP contribution in [-0.4, -0.2) is 39.5 Å². The van der Waals surface area contributed by atoms with Crippen LogP contribution in [0.25, 0.3) is 10.9 Å². The summed E-state index contributed by atoms with van der Waals surface area (Å²) < 4.78 is 6.00. The number of hydrogen-bond donors (Lipinski definition) is 4. The molecule has 0 aliphatic heterocycles. The van der Waals surface area contributed by atoms with E-state index >= 15 is 0 Å². The van der Waals surface area contributed by atoms with Gasteiger partial charge in [-0.2, -0.15) is 0 Å². The Morgan fingerprint density at radius 1 is 1.08 bits per heavy atom. The van der Waals surface area contributed by atoms with Gasteiger partial charge in [-0.15, -0.1) is 0 Å². The minimum Gasteiger partial charge on any atom is -0.489 e. The van der Waals surface area contributed by atoms with Gasteiger partial charge in [-0.3, -0.25) is 24.6 Å². The second kappa shape index (κ2) is 11.4. The third-order valence-electron chi connectivity index (χ3n) is 6.79. The zero-order valence-electron chi connectivity index (χ0n) is 21.0. The van der Waals surface area contributed by atoms with Crippen molar-refractivity contribution in [3.05, 3.63) is 71.4 Å². The molecule has 3 amide bonds. The van der Waals surface area contributed by atoms with E-state index in [1.165, 1.54) is 6.92 Å². The number of hydrogen-bond acceptors (Lipinski definition) is 6. The molecule has 1 fully saturated rings. The molecule has 0 bridgehead atoms. The van der Waals surface area contributed by atoms with Gasteiger partial charge in [0.05, 0.1) is 11.9 Å². The molecule has 194 valence electrons. The smallest absolute Gasteiger partial charge is 0.251 e. The second-order valence-electron chi connectivity index (χ2n) is 9.67. The fraction of sp³-hybridized carbons (Fsp3) is 0.357. The molecule has 0 atom stereocenters. The molecule has 2 aromatic carbocycles. The number of benzene rings is 2. The first-order chi connectivity index (χ1) is 17.8. The summed E-state index contributed by atoms with van der Waals surface area (Å²) in [6.45, 7) is 3.79. The van der Waals surface area contributed by atoms with Crippen molar-refractivity contribution in [2.75, 3.05) is 0 Å². The Morgan fingerprint density at radius 2 is 1.78 bits per heavy atom. The highest BCUT2D eigenvalue weighted by atomic mass is 16.5. The van der Waals surface area contributed by atoms with E-state index in [-0.39, 0.29) is 24.3 Å². The molecule has 1 aliphatic carbocycles. The largest absolute Gasteiger partial charge is 0.489 e. The number of pyridine rings is 1. The zero-order chi connectivity index (χ0) is 26.4. The highest BCUT2D eigenvalue weighted by Crippen LogP contribution is 2.32. The van der Waals surface area contributed by atoms with Gasteiger partial charge >= 0.3 is 0 Å². The third-order valence-corrected chi connectivity index (χ3v) is 6.79. The van der Waals surface area contributed by atoms with E-state index in [0.717, 1.165) is 22.2 Å². The fourth-order valence-corrected chi connectivity index (χ4v) is 4.99. The summed E-state index contributed by atoms with van der Waals surface area (Å²) >= 11 is 0. The fourth-order valence-electron chi connectivity index (χ4n) is 4.99. The molecule has 0 unspecified atom stereocenters. The summed E-state index contributed by atoms with van der Waals surface area (Å²) in [7, 11) is 0. The van der Waals surface area contributed by atoms with Crippen molar-refractivity contribution in [1.29, 1.82) is 0 Å². The van der Waals surface area contributed by atoms with Gasteiger partial charge in [0.15, 0.2) is 0 Å². The number of aromatic nitrogens is 1. The molecule has 1 heterocycles. The van der Waals surface area contributed by atoms with Crippen LogP contribution in [0.2, 0.25) is 0 Å². The number of carbonyl (C=O) groups is 3. The van der Waals surface area contributed by atoms with E-state index in [9.17, 15) is 14.4 Å². The second-order valence-corrected chi connectivity index (χ2v) is 9.67. The maximum absolute atomic E-state index is 13.1. The molecule has 4 N–H and O–H groups in total. The molecule has 37 heavy (non-hydrogen) atoms. The van der Waals surface area contributed by atoms with Crippen molar-refractivity contribution in [3.8, 4) is 5.75 Å². The summed E-state index contributed by atoms with van der Waals surface area (Å²) in [6, 6.07) is 16.8. The molecule has 0 saturated heterocycles. The Kier molecular flexibility index (Phi) is 8.03. The molecular formula is C28H32N4O5. The lowest BCUT2D eigenvalue weighted by atomic mass is 9.76. The molecule has 9 nitrogen and oxygen atoms in total. The van der Waals surface area contributed by atoms with Gasteiger partial charge in [0.25, 0.3) is 5.91 Å². The van der Waals surface area contributed by atoms with Crippen LogP contribution in [0.3, 0.4) is 0 Å². The number of nitrogens with zero attached hydrogens (tertiary/aromatic N) is 1. The van der Waals surface area contributed by atoms with Crippen LogP contribution in [0.1, 0.15) is 60.6 Å². The highest BCUT2D eigenvalue weighted by Gasteiger charge is 2.39. The van der Waals surface area contributed by atoms with Gasteiger partial charge in [-0.25, -0.2) is 5.48 Å². The van der Waals surface area contributed by atoms with Crippen molar-refractivity contribution in [2.24, 2.45) is 0 Å². The van der Waals surface area contributed by atoms with Crippen LogP contribution >= 0.6 is 0 Å². The molecule has 1 saturated carbocycles. The molecule has 3 aromatic rings. The number of carbonyl (C=O) groups excluding carboxylic acids is 3. The molecule has 0 spiro atoms. The molecular weight excluding hydrogens is 472 g/mol. The minimum atomic E-state index is -0.811. The van der Waals surface area contributed by atoms with Gasteiger partial charge in [0.2, 0.25) is 11.8 Å². The Bertz CT molecular complexity index is 1280. The number of para-hydroxylation sites is 1. The minimum absolute atomic E-state index is 0.00236. The zero-order valence-corrected chi connectivity index (χ0v) is 21.0. The first-order valence-corrected chi connectivity index (χ1v) is 12.4. The van der Waals surface area contributed by atoms with Crippen LogP contribution in [-0.2, 0) is 16.2 Å². The van der Waals surface area contributed by atoms with Crippen LogP contribution < -0.4 is 20.9 Å². The summed E-state index contributed by atoms with van der Waals surface area (Å²) in [5.74, 6) is -0.364. The lowest BCUT2D eigenvalue weighted by Crippen LogP contribution is -2.55. The Balaban J connectivity index is 1.41. The predicted molar refractivity (Wildman–Crippen MR) is 138 cm³/mol. The van der Waals surface area contributed by atoms with E-state index in [1.807, 2.05) is 37.3 Å². The average Bonchev–Trinajstić information content (AvgIpc) is 2.88. The number of aryl methyl sites for hydroxylation is 1. The lowest BCUT2D eigenvalue weighted by Gasteiger charge is -2.40. The average molecular weight is 505 g/mol. The van der Waals surface area contributed by atoms with Crippen molar-refractivity contribution >= 4 is 28.6 Å². The monoisotopic (exact) mass is 504 g/mol. The van der Waals surface area contributed by atoms with E-state index < -0.39 is 11.4 Å². The first kappa shape index (κ1) is 26.1. The lowest BCUT2D eigenvalue weighted by molar-refractivity contribution is -0.131. The van der Waals surface area contributed by atoms with Gasteiger partial charge in [0.1, 0.15) is 12.4 Å². The number of ether oxygens (including phenoxy) is 1. The van der Waals surface area contributed by atoms with Crippen molar-refractivity contribution in [1.82, 2.24) is 21.1 Å². The number of nitrogens with one attached hydrogen (secondary N) is 3. The van der Waals surface area contributed by atoms with E-state index in [2.05, 4.69) is 15.6 Å². The standard InChI is InChI=1S/C28H32N4O5/c1-18-15-21(24-5-3-4-6-25(24)29-18)17-37-23-9-7-20(8-10-23)27(35)31-28(16-26(34)32-36)13-11-22(12-14-28)30-19(2)33/h3-10,15,22,36H,11-14,16-17H2,1-2H3,(H,30,33)(H,31,35)(H,32,34)/t22-,28+. The molecule has 1 aliphatic rings. The number of fused-ring (bicyclic) bond motifs is 1. The topological polar surface area (TPSA) is 130 Å². The molecule has 4 rings (SSSR count). The van der Waals surface area contributed by atoms with Crippen LogP contribution in [0.5, 0.6) is 5.75 Å². The Labute approximate surface area is 215 Å². The number of hydroxylamine groups is 1. The molecule has 1 aromatic heterocycles. The van der Waals surface area contributed by atoms with Crippen LogP contribution in [0, 0.1) is 6.92 Å². The predicted octanol–water partition coefficient (Wildman–Crippen LogP) is 3.57. The summed E-state index contributed by atoms with van der Waals surface area (Å²) in [5, 5.41) is 16.0. The van der Waals surface area contributed by atoms with E-state index in [4.69, 9.17) is 9.94 Å². The van der Waals surface area contributed by atoms with Gasteiger partial charge in [-0.05, 0) is 69.0 Å². The maximum atomic E-state index is 13.1.